The fourth-order valence-corrected chi connectivity index (χ4v) is 4.43. The van der Waals surface area contributed by atoms with Crippen molar-refractivity contribution in [2.75, 3.05) is 26.3 Å². The molecule has 1 aromatic carbocycles. The van der Waals surface area contributed by atoms with E-state index < -0.39 is 6.17 Å². The number of nitrogens with zero attached hydrogens (tertiary/aromatic N) is 5. The van der Waals surface area contributed by atoms with Gasteiger partial charge in [-0.3, -0.25) is 9.58 Å². The Morgan fingerprint density at radius 3 is 2.74 bits per heavy atom. The number of ether oxygens (including phenoxy) is 1. The normalized spacial score (nSPS) is 24.4. The van der Waals surface area contributed by atoms with E-state index in [0.717, 1.165) is 35.1 Å². The minimum absolute atomic E-state index is 0.198. The zero-order valence-electron chi connectivity index (χ0n) is 15.1. The molecule has 0 spiro atoms. The molecule has 3 aromatic rings. The molecule has 0 amide bonds. The minimum Gasteiger partial charge on any atom is -0.378 e. The molecule has 2 atom stereocenters. The van der Waals surface area contributed by atoms with Crippen molar-refractivity contribution in [1.82, 2.24) is 24.5 Å². The number of benzene rings is 1. The summed E-state index contributed by atoms with van der Waals surface area (Å²) in [6.07, 6.45) is 5.26. The van der Waals surface area contributed by atoms with E-state index in [1.165, 1.54) is 0 Å². The monoisotopic (exact) mass is 389 g/mol. The van der Waals surface area contributed by atoms with E-state index in [1.54, 1.807) is 17.1 Å². The average molecular weight is 390 g/mol. The van der Waals surface area contributed by atoms with Crippen LogP contribution in [0.2, 0.25) is 5.02 Å². The number of alkyl halides is 1. The molecule has 5 rings (SSSR count). The van der Waals surface area contributed by atoms with Gasteiger partial charge in [0.1, 0.15) is 11.9 Å². The highest BCUT2D eigenvalue weighted by Gasteiger charge is 2.36. The van der Waals surface area contributed by atoms with Crippen molar-refractivity contribution < 1.29 is 9.13 Å². The Morgan fingerprint density at radius 1 is 1.22 bits per heavy atom. The summed E-state index contributed by atoms with van der Waals surface area (Å²) in [7, 11) is 1.87. The number of fused-ring (bicyclic) bond motifs is 1. The summed E-state index contributed by atoms with van der Waals surface area (Å²) >= 11 is 6.54. The molecule has 0 N–H and O–H groups in total. The van der Waals surface area contributed by atoms with Crippen LogP contribution in [0.3, 0.4) is 0 Å². The lowest BCUT2D eigenvalue weighted by atomic mass is 9.86. The average Bonchev–Trinajstić information content (AvgIpc) is 3.18. The molecule has 27 heavy (non-hydrogen) atoms. The minimum atomic E-state index is -0.941. The largest absolute Gasteiger partial charge is 0.378 e. The summed E-state index contributed by atoms with van der Waals surface area (Å²) in [5.41, 5.74) is 2.66. The lowest BCUT2D eigenvalue weighted by Crippen LogP contribution is -2.54. The number of piperidine rings is 1. The summed E-state index contributed by atoms with van der Waals surface area (Å²) in [5.74, 6) is -0.198. The molecule has 2 fully saturated rings. The first-order chi connectivity index (χ1) is 13.1. The SMILES string of the molecule is Cn1cc(-n2ncc3cc(Cl)c([C@H]4CCN(C5COC5)C[C@@H]4F)cc32)cn1. The van der Waals surface area contributed by atoms with Gasteiger partial charge in [0.05, 0.1) is 43.4 Å². The van der Waals surface area contributed by atoms with Crippen LogP contribution in [-0.4, -0.2) is 63.0 Å². The smallest absolute Gasteiger partial charge is 0.120 e. The molecule has 6 nitrogen and oxygen atoms in total. The van der Waals surface area contributed by atoms with E-state index in [0.29, 0.717) is 30.8 Å². The Hall–Kier alpha value is -1.96. The molecule has 142 valence electrons. The van der Waals surface area contributed by atoms with Gasteiger partial charge in [0.15, 0.2) is 0 Å². The topological polar surface area (TPSA) is 48.1 Å². The van der Waals surface area contributed by atoms with Gasteiger partial charge < -0.3 is 4.74 Å². The van der Waals surface area contributed by atoms with Crippen LogP contribution >= 0.6 is 11.6 Å². The van der Waals surface area contributed by atoms with Gasteiger partial charge in [-0.15, -0.1) is 0 Å². The summed E-state index contributed by atoms with van der Waals surface area (Å²) < 4.78 is 23.9. The van der Waals surface area contributed by atoms with E-state index in [-0.39, 0.29) is 5.92 Å². The van der Waals surface area contributed by atoms with Gasteiger partial charge in [0, 0.05) is 29.9 Å². The van der Waals surface area contributed by atoms with Crippen LogP contribution < -0.4 is 0 Å². The van der Waals surface area contributed by atoms with Crippen molar-refractivity contribution in [3.63, 3.8) is 0 Å². The van der Waals surface area contributed by atoms with Crippen LogP contribution in [0.25, 0.3) is 16.6 Å². The molecule has 0 aliphatic carbocycles. The van der Waals surface area contributed by atoms with E-state index in [4.69, 9.17) is 16.3 Å². The molecule has 0 saturated carbocycles. The second-order valence-corrected chi connectivity index (χ2v) is 7.87. The van der Waals surface area contributed by atoms with Crippen LogP contribution in [0.15, 0.2) is 30.7 Å². The molecule has 0 bridgehead atoms. The Bertz CT molecular complexity index is 982. The zero-order chi connectivity index (χ0) is 18.5. The standard InChI is InChI=1S/C19H21ClFN5O/c1-24-8-13(7-22-24)26-19-5-16(17(20)4-12(19)6-23-26)15-2-3-25(9-18(15)21)14-10-27-11-14/h4-8,14-15,18H,2-3,9-11H2,1H3/t15-,18+/m1/s1. The molecule has 2 aromatic heterocycles. The van der Waals surface area contributed by atoms with Gasteiger partial charge in [-0.05, 0) is 30.7 Å². The highest BCUT2D eigenvalue weighted by Crippen LogP contribution is 2.38. The second kappa shape index (κ2) is 6.58. The molecule has 0 radical (unpaired) electrons. The van der Waals surface area contributed by atoms with E-state index in [1.807, 2.05) is 30.1 Å². The van der Waals surface area contributed by atoms with Crippen molar-refractivity contribution in [3.8, 4) is 5.69 Å². The Labute approximate surface area is 161 Å². The molecular weight excluding hydrogens is 369 g/mol. The predicted octanol–water partition coefficient (Wildman–Crippen LogP) is 2.94. The van der Waals surface area contributed by atoms with Crippen molar-refractivity contribution in [2.24, 2.45) is 7.05 Å². The Morgan fingerprint density at radius 2 is 2.07 bits per heavy atom. The molecule has 8 heteroatoms. The van der Waals surface area contributed by atoms with E-state index >= 15 is 4.39 Å². The van der Waals surface area contributed by atoms with Crippen molar-refractivity contribution in [2.45, 2.75) is 24.6 Å². The number of aryl methyl sites for hydroxylation is 1. The van der Waals surface area contributed by atoms with Gasteiger partial charge in [0.2, 0.25) is 0 Å². The third-order valence-electron chi connectivity index (χ3n) is 5.73. The maximum atomic E-state index is 15.1. The second-order valence-electron chi connectivity index (χ2n) is 7.46. The fraction of sp³-hybridized carbons (Fsp3) is 0.474. The van der Waals surface area contributed by atoms with Gasteiger partial charge in [-0.25, -0.2) is 9.07 Å². The van der Waals surface area contributed by atoms with Gasteiger partial charge in [-0.2, -0.15) is 10.2 Å². The third kappa shape index (κ3) is 2.94. The first-order valence-corrected chi connectivity index (χ1v) is 9.60. The first-order valence-electron chi connectivity index (χ1n) is 9.22. The van der Waals surface area contributed by atoms with Crippen LogP contribution in [0.4, 0.5) is 4.39 Å². The Kier molecular flexibility index (Phi) is 4.18. The summed E-state index contributed by atoms with van der Waals surface area (Å²) in [4.78, 5) is 2.21. The summed E-state index contributed by atoms with van der Waals surface area (Å²) in [6, 6.07) is 4.26. The molecule has 2 saturated heterocycles. The predicted molar refractivity (Wildman–Crippen MR) is 101 cm³/mol. The highest BCUT2D eigenvalue weighted by molar-refractivity contribution is 6.32. The van der Waals surface area contributed by atoms with Crippen molar-refractivity contribution >= 4 is 22.5 Å². The quantitative estimate of drug-likeness (QED) is 0.691. The molecule has 0 unspecified atom stereocenters. The first kappa shape index (κ1) is 17.2. The molecule has 2 aliphatic rings. The summed E-state index contributed by atoms with van der Waals surface area (Å²) in [6.45, 7) is 2.74. The molecule has 2 aliphatic heterocycles. The van der Waals surface area contributed by atoms with Gasteiger partial charge in [-0.1, -0.05) is 11.6 Å². The fourth-order valence-electron chi connectivity index (χ4n) is 4.11. The maximum absolute atomic E-state index is 15.1. The summed E-state index contributed by atoms with van der Waals surface area (Å²) in [5, 5.41) is 10.2. The highest BCUT2D eigenvalue weighted by atomic mass is 35.5. The Balaban J connectivity index is 1.48. The van der Waals surface area contributed by atoms with Crippen LogP contribution in [0.5, 0.6) is 0 Å². The van der Waals surface area contributed by atoms with Crippen LogP contribution in [0.1, 0.15) is 17.9 Å². The van der Waals surface area contributed by atoms with Crippen molar-refractivity contribution in [1.29, 1.82) is 0 Å². The number of likely N-dealkylation sites (tertiary alicyclic amines) is 1. The number of halogens is 2. The lowest BCUT2D eigenvalue weighted by molar-refractivity contribution is -0.0806. The van der Waals surface area contributed by atoms with Crippen LogP contribution in [-0.2, 0) is 11.8 Å². The number of hydrogen-bond acceptors (Lipinski definition) is 4. The number of hydrogen-bond donors (Lipinski definition) is 0. The van der Waals surface area contributed by atoms with Crippen LogP contribution in [0, 0.1) is 0 Å². The maximum Gasteiger partial charge on any atom is 0.120 e. The van der Waals surface area contributed by atoms with E-state index in [9.17, 15) is 0 Å². The van der Waals surface area contributed by atoms with Gasteiger partial charge in [0.25, 0.3) is 0 Å². The zero-order valence-corrected chi connectivity index (χ0v) is 15.8. The van der Waals surface area contributed by atoms with Gasteiger partial charge >= 0.3 is 0 Å². The number of rotatable bonds is 3. The van der Waals surface area contributed by atoms with Crippen molar-refractivity contribution in [3.05, 3.63) is 41.3 Å². The third-order valence-corrected chi connectivity index (χ3v) is 6.06. The molecular formula is C19H21ClFN5O. The molecule has 4 heterocycles. The number of aromatic nitrogens is 4. The van der Waals surface area contributed by atoms with E-state index in [2.05, 4.69) is 15.1 Å². The lowest BCUT2D eigenvalue weighted by Gasteiger charge is -2.43.